The lowest BCUT2D eigenvalue weighted by Gasteiger charge is -2.04. The second kappa shape index (κ2) is 9.58. The van der Waals surface area contributed by atoms with Gasteiger partial charge in [-0.1, -0.05) is 30.3 Å². The molecule has 0 atom stereocenters. The SMILES string of the molecule is COc1ccc(-c2nc(C)c(C(=O)NCCSCc3ccccc3)s2)cc1. The molecule has 3 aromatic rings. The van der Waals surface area contributed by atoms with Crippen LogP contribution in [0, 0.1) is 6.92 Å². The third kappa shape index (κ3) is 5.34. The summed E-state index contributed by atoms with van der Waals surface area (Å²) in [6, 6.07) is 18.1. The number of carbonyl (C=O) groups excluding carboxylic acids is 1. The maximum atomic E-state index is 12.5. The number of aromatic nitrogens is 1. The number of nitrogens with one attached hydrogen (secondary N) is 1. The van der Waals surface area contributed by atoms with E-state index in [0.29, 0.717) is 11.4 Å². The van der Waals surface area contributed by atoms with Gasteiger partial charge in [0.2, 0.25) is 0 Å². The van der Waals surface area contributed by atoms with Crippen LogP contribution in [0.1, 0.15) is 20.9 Å². The number of hydrogen-bond acceptors (Lipinski definition) is 5. The van der Waals surface area contributed by atoms with E-state index in [1.807, 2.05) is 61.2 Å². The second-order valence-electron chi connectivity index (χ2n) is 5.96. The maximum Gasteiger partial charge on any atom is 0.263 e. The predicted molar refractivity (Wildman–Crippen MR) is 114 cm³/mol. The second-order valence-corrected chi connectivity index (χ2v) is 8.06. The van der Waals surface area contributed by atoms with E-state index in [0.717, 1.165) is 33.5 Å². The highest BCUT2D eigenvalue weighted by Gasteiger charge is 2.15. The Morgan fingerprint density at radius 3 is 2.59 bits per heavy atom. The van der Waals surface area contributed by atoms with Gasteiger partial charge in [-0.3, -0.25) is 4.79 Å². The molecule has 6 heteroatoms. The molecule has 0 unspecified atom stereocenters. The quantitative estimate of drug-likeness (QED) is 0.554. The van der Waals surface area contributed by atoms with Crippen LogP contribution in [-0.4, -0.2) is 30.3 Å². The van der Waals surface area contributed by atoms with Crippen LogP contribution in [0.3, 0.4) is 0 Å². The first kappa shape index (κ1) is 19.5. The first-order chi connectivity index (χ1) is 13.2. The average molecular weight is 399 g/mol. The fourth-order valence-electron chi connectivity index (χ4n) is 2.55. The summed E-state index contributed by atoms with van der Waals surface area (Å²) < 4.78 is 5.18. The Balaban J connectivity index is 1.51. The van der Waals surface area contributed by atoms with Crippen LogP contribution >= 0.6 is 23.1 Å². The van der Waals surface area contributed by atoms with Crippen molar-refractivity contribution in [1.29, 1.82) is 0 Å². The normalized spacial score (nSPS) is 10.6. The van der Waals surface area contributed by atoms with Gasteiger partial charge in [-0.05, 0) is 36.8 Å². The lowest BCUT2D eigenvalue weighted by molar-refractivity contribution is 0.0959. The van der Waals surface area contributed by atoms with Crippen LogP contribution in [-0.2, 0) is 5.75 Å². The molecule has 1 aromatic heterocycles. The van der Waals surface area contributed by atoms with Crippen molar-refractivity contribution in [3.05, 3.63) is 70.7 Å². The van der Waals surface area contributed by atoms with Crippen LogP contribution in [0.5, 0.6) is 5.75 Å². The van der Waals surface area contributed by atoms with Crippen LogP contribution < -0.4 is 10.1 Å². The summed E-state index contributed by atoms with van der Waals surface area (Å²) in [5.41, 5.74) is 3.05. The number of methoxy groups -OCH3 is 1. The van der Waals surface area contributed by atoms with Gasteiger partial charge in [-0.2, -0.15) is 11.8 Å². The predicted octanol–water partition coefficient (Wildman–Crippen LogP) is 4.79. The number of carbonyl (C=O) groups is 1. The molecule has 0 aliphatic rings. The van der Waals surface area contributed by atoms with Gasteiger partial charge in [0.15, 0.2) is 0 Å². The minimum Gasteiger partial charge on any atom is -0.497 e. The first-order valence-corrected chi connectivity index (χ1v) is 10.7. The molecule has 0 spiro atoms. The Hall–Kier alpha value is -2.31. The number of aryl methyl sites for hydroxylation is 1. The van der Waals surface area contributed by atoms with Gasteiger partial charge >= 0.3 is 0 Å². The third-order valence-electron chi connectivity index (χ3n) is 3.98. The van der Waals surface area contributed by atoms with Gasteiger partial charge < -0.3 is 10.1 Å². The monoisotopic (exact) mass is 398 g/mol. The van der Waals surface area contributed by atoms with Gasteiger partial charge in [-0.15, -0.1) is 11.3 Å². The molecule has 4 nitrogen and oxygen atoms in total. The molecule has 0 radical (unpaired) electrons. The van der Waals surface area contributed by atoms with Crippen molar-refractivity contribution in [3.63, 3.8) is 0 Å². The highest BCUT2D eigenvalue weighted by atomic mass is 32.2. The Morgan fingerprint density at radius 1 is 1.15 bits per heavy atom. The summed E-state index contributed by atoms with van der Waals surface area (Å²) in [5.74, 6) is 2.59. The standard InChI is InChI=1S/C21H22N2O2S2/c1-15-19(27-21(23-15)17-8-10-18(25-2)11-9-17)20(24)22-12-13-26-14-16-6-4-3-5-7-16/h3-11H,12-14H2,1-2H3,(H,22,24). The number of nitrogens with zero attached hydrogens (tertiary/aromatic N) is 1. The summed E-state index contributed by atoms with van der Waals surface area (Å²) >= 11 is 3.24. The van der Waals surface area contributed by atoms with Crippen molar-refractivity contribution in [3.8, 4) is 16.3 Å². The zero-order chi connectivity index (χ0) is 19.1. The average Bonchev–Trinajstić information content (AvgIpc) is 3.10. The van der Waals surface area contributed by atoms with Gasteiger partial charge in [-0.25, -0.2) is 4.98 Å². The first-order valence-electron chi connectivity index (χ1n) is 8.69. The van der Waals surface area contributed by atoms with E-state index in [2.05, 4.69) is 22.4 Å². The summed E-state index contributed by atoms with van der Waals surface area (Å²) in [6.45, 7) is 2.52. The van der Waals surface area contributed by atoms with Gasteiger partial charge in [0, 0.05) is 23.6 Å². The number of thiazole rings is 1. The van der Waals surface area contributed by atoms with Gasteiger partial charge in [0.05, 0.1) is 12.8 Å². The number of amides is 1. The summed E-state index contributed by atoms with van der Waals surface area (Å²) in [7, 11) is 1.64. The molecular weight excluding hydrogens is 376 g/mol. The molecule has 0 saturated carbocycles. The summed E-state index contributed by atoms with van der Waals surface area (Å²) in [4.78, 5) is 17.7. The van der Waals surface area contributed by atoms with E-state index in [1.54, 1.807) is 7.11 Å². The number of hydrogen-bond donors (Lipinski definition) is 1. The zero-order valence-electron chi connectivity index (χ0n) is 15.4. The van der Waals surface area contributed by atoms with Crippen LogP contribution in [0.4, 0.5) is 0 Å². The van der Waals surface area contributed by atoms with Crippen molar-refractivity contribution in [2.75, 3.05) is 19.4 Å². The highest BCUT2D eigenvalue weighted by Crippen LogP contribution is 2.29. The molecule has 0 fully saturated rings. The Kier molecular flexibility index (Phi) is 6.90. The molecule has 0 aliphatic carbocycles. The van der Waals surface area contributed by atoms with Gasteiger partial charge in [0.1, 0.15) is 15.6 Å². The number of ether oxygens (including phenoxy) is 1. The molecule has 0 aliphatic heterocycles. The van der Waals surface area contributed by atoms with Crippen molar-refractivity contribution in [2.24, 2.45) is 0 Å². The van der Waals surface area contributed by atoms with Crippen molar-refractivity contribution < 1.29 is 9.53 Å². The Bertz CT molecular complexity index is 877. The lowest BCUT2D eigenvalue weighted by Crippen LogP contribution is -2.25. The zero-order valence-corrected chi connectivity index (χ0v) is 17.0. The third-order valence-corrected chi connectivity index (χ3v) is 6.22. The van der Waals surface area contributed by atoms with Gasteiger partial charge in [0.25, 0.3) is 5.91 Å². The van der Waals surface area contributed by atoms with Crippen molar-refractivity contribution >= 4 is 29.0 Å². The molecule has 1 heterocycles. The molecule has 1 N–H and O–H groups in total. The van der Waals surface area contributed by atoms with Crippen LogP contribution in [0.15, 0.2) is 54.6 Å². The largest absolute Gasteiger partial charge is 0.497 e. The molecule has 0 bridgehead atoms. The minimum absolute atomic E-state index is 0.0509. The summed E-state index contributed by atoms with van der Waals surface area (Å²) in [6.07, 6.45) is 0. The molecule has 27 heavy (non-hydrogen) atoms. The van der Waals surface area contributed by atoms with Crippen molar-refractivity contribution in [2.45, 2.75) is 12.7 Å². The van der Waals surface area contributed by atoms with Crippen LogP contribution in [0.25, 0.3) is 10.6 Å². The minimum atomic E-state index is -0.0509. The van der Waals surface area contributed by atoms with E-state index in [9.17, 15) is 4.79 Å². The molecule has 140 valence electrons. The molecule has 1 amide bonds. The molecular formula is C21H22N2O2S2. The smallest absolute Gasteiger partial charge is 0.263 e. The van der Waals surface area contributed by atoms with E-state index in [1.165, 1.54) is 16.9 Å². The molecule has 2 aromatic carbocycles. The lowest BCUT2D eigenvalue weighted by atomic mass is 10.2. The maximum absolute atomic E-state index is 12.5. The van der Waals surface area contributed by atoms with Crippen molar-refractivity contribution in [1.82, 2.24) is 10.3 Å². The van der Waals surface area contributed by atoms with E-state index < -0.39 is 0 Å². The van der Waals surface area contributed by atoms with E-state index in [4.69, 9.17) is 4.74 Å². The fraction of sp³-hybridized carbons (Fsp3) is 0.238. The summed E-state index contributed by atoms with van der Waals surface area (Å²) in [5, 5.41) is 3.85. The number of benzene rings is 2. The Labute approximate surface area is 168 Å². The van der Waals surface area contributed by atoms with Crippen LogP contribution in [0.2, 0.25) is 0 Å². The number of thioether (sulfide) groups is 1. The number of rotatable bonds is 8. The van der Waals surface area contributed by atoms with E-state index in [-0.39, 0.29) is 5.91 Å². The highest BCUT2D eigenvalue weighted by molar-refractivity contribution is 7.98. The Morgan fingerprint density at radius 2 is 1.89 bits per heavy atom. The topological polar surface area (TPSA) is 51.2 Å². The fourth-order valence-corrected chi connectivity index (χ4v) is 4.35. The molecule has 0 saturated heterocycles. The van der Waals surface area contributed by atoms with E-state index >= 15 is 0 Å². The molecule has 3 rings (SSSR count).